The number of nitrogens with one attached hydrogen (secondary N) is 1. The normalized spacial score (nSPS) is 20.5. The minimum absolute atomic E-state index is 0.00352. The summed E-state index contributed by atoms with van der Waals surface area (Å²) in [6.07, 6.45) is 4.77. The van der Waals surface area contributed by atoms with Crippen molar-refractivity contribution in [3.63, 3.8) is 0 Å². The summed E-state index contributed by atoms with van der Waals surface area (Å²) in [6, 6.07) is 9.93. The van der Waals surface area contributed by atoms with Gasteiger partial charge in [0.15, 0.2) is 0 Å². The van der Waals surface area contributed by atoms with Gasteiger partial charge in [-0.1, -0.05) is 43.7 Å². The number of likely N-dealkylation sites (tertiary alicyclic amines) is 2. The minimum Gasteiger partial charge on any atom is -0.369 e. The van der Waals surface area contributed by atoms with Gasteiger partial charge >= 0.3 is 0 Å². The topological polar surface area (TPSA) is 95.7 Å². The van der Waals surface area contributed by atoms with E-state index < -0.39 is 0 Å². The Morgan fingerprint density at radius 1 is 1.00 bits per heavy atom. The number of hydrogen-bond donors (Lipinski definition) is 2. The predicted octanol–water partition coefficient (Wildman–Crippen LogP) is 2.47. The van der Waals surface area contributed by atoms with E-state index in [-0.39, 0.29) is 41.6 Å². The fourth-order valence-corrected chi connectivity index (χ4v) is 4.93. The van der Waals surface area contributed by atoms with Gasteiger partial charge in [0.05, 0.1) is 12.1 Å². The lowest BCUT2D eigenvalue weighted by molar-refractivity contribution is -0.140. The van der Waals surface area contributed by atoms with E-state index >= 15 is 0 Å². The summed E-state index contributed by atoms with van der Waals surface area (Å²) < 4.78 is 0. The lowest BCUT2D eigenvalue weighted by Crippen LogP contribution is -2.51. The van der Waals surface area contributed by atoms with Gasteiger partial charge in [-0.15, -0.1) is 0 Å². The lowest BCUT2D eigenvalue weighted by atomic mass is 9.91. The molecule has 0 unspecified atom stereocenters. The van der Waals surface area contributed by atoms with E-state index in [1.54, 1.807) is 0 Å². The molecule has 7 nitrogen and oxygen atoms in total. The summed E-state index contributed by atoms with van der Waals surface area (Å²) in [7, 11) is 0. The Hall–Kier alpha value is -2.41. The fourth-order valence-electron chi connectivity index (χ4n) is 4.93. The molecule has 2 fully saturated rings. The van der Waals surface area contributed by atoms with Crippen molar-refractivity contribution < 1.29 is 14.4 Å². The van der Waals surface area contributed by atoms with E-state index in [1.807, 2.05) is 30.0 Å². The first-order chi connectivity index (χ1) is 15.4. The highest BCUT2D eigenvalue weighted by atomic mass is 16.2. The molecule has 1 aromatic rings. The van der Waals surface area contributed by atoms with Crippen molar-refractivity contribution in [2.45, 2.75) is 64.5 Å². The van der Waals surface area contributed by atoms with Gasteiger partial charge in [0.2, 0.25) is 17.7 Å². The van der Waals surface area contributed by atoms with E-state index in [1.165, 1.54) is 0 Å². The number of carbonyl (C=O) groups is 3. The van der Waals surface area contributed by atoms with Crippen LogP contribution in [-0.2, 0) is 14.4 Å². The molecule has 3 amide bonds. The van der Waals surface area contributed by atoms with Crippen molar-refractivity contribution in [3.8, 4) is 0 Å². The average molecular weight is 443 g/mol. The van der Waals surface area contributed by atoms with Gasteiger partial charge in [0.25, 0.3) is 0 Å². The van der Waals surface area contributed by atoms with Gasteiger partial charge in [0.1, 0.15) is 0 Å². The Bertz CT molecular complexity index is 769. The number of primary amides is 1. The number of nitrogens with two attached hydrogens (primary N) is 1. The van der Waals surface area contributed by atoms with Crippen LogP contribution in [0.4, 0.5) is 0 Å². The molecule has 0 aliphatic carbocycles. The molecule has 2 saturated heterocycles. The molecule has 2 heterocycles. The van der Waals surface area contributed by atoms with Crippen LogP contribution in [0.3, 0.4) is 0 Å². The first-order valence-corrected chi connectivity index (χ1v) is 12.1. The molecule has 1 aromatic carbocycles. The molecule has 3 N–H and O–H groups in total. The lowest BCUT2D eigenvalue weighted by Gasteiger charge is -2.38. The van der Waals surface area contributed by atoms with Crippen molar-refractivity contribution >= 4 is 17.7 Å². The molecule has 32 heavy (non-hydrogen) atoms. The summed E-state index contributed by atoms with van der Waals surface area (Å²) >= 11 is 0. The van der Waals surface area contributed by atoms with Crippen LogP contribution in [0.2, 0.25) is 0 Å². The highest BCUT2D eigenvalue weighted by Gasteiger charge is 2.34. The number of amides is 3. The molecular weight excluding hydrogens is 404 g/mol. The molecule has 0 bridgehead atoms. The van der Waals surface area contributed by atoms with E-state index in [2.05, 4.69) is 29.3 Å². The highest BCUT2D eigenvalue weighted by Crippen LogP contribution is 2.25. The van der Waals surface area contributed by atoms with Crippen molar-refractivity contribution in [1.29, 1.82) is 0 Å². The Kier molecular flexibility index (Phi) is 8.67. The van der Waals surface area contributed by atoms with E-state index in [4.69, 9.17) is 5.73 Å². The largest absolute Gasteiger partial charge is 0.369 e. The summed E-state index contributed by atoms with van der Waals surface area (Å²) in [5.41, 5.74) is 6.54. The van der Waals surface area contributed by atoms with Crippen LogP contribution in [0.25, 0.3) is 0 Å². The fraction of sp³-hybridized carbons (Fsp3) is 0.640. The minimum atomic E-state index is -0.258. The number of carbonyl (C=O) groups excluding carboxylic acids is 3. The Morgan fingerprint density at radius 3 is 2.16 bits per heavy atom. The van der Waals surface area contributed by atoms with Crippen molar-refractivity contribution in [3.05, 3.63) is 35.9 Å². The average Bonchev–Trinajstić information content (AvgIpc) is 2.83. The second-order valence-electron chi connectivity index (χ2n) is 9.25. The molecule has 3 rings (SSSR count). The maximum atomic E-state index is 13.0. The molecule has 7 heteroatoms. The SMILES string of the molecule is CCC[C@@H](NC(=O)[C@H](C)N1CCC(C(=O)N2CCC(C(N)=O)CC2)CC1)c1ccccc1. The van der Waals surface area contributed by atoms with Crippen LogP contribution in [0.5, 0.6) is 0 Å². The number of piperidine rings is 2. The molecule has 0 radical (unpaired) electrons. The summed E-state index contributed by atoms with van der Waals surface area (Å²) in [5.74, 6) is -0.120. The first-order valence-electron chi connectivity index (χ1n) is 12.1. The maximum absolute atomic E-state index is 13.0. The van der Waals surface area contributed by atoms with Crippen LogP contribution in [0.1, 0.15) is 64.0 Å². The molecule has 0 aromatic heterocycles. The smallest absolute Gasteiger partial charge is 0.237 e. The maximum Gasteiger partial charge on any atom is 0.237 e. The number of benzene rings is 1. The van der Waals surface area contributed by atoms with Gasteiger partial charge < -0.3 is 16.0 Å². The van der Waals surface area contributed by atoms with Gasteiger partial charge in [-0.05, 0) is 57.7 Å². The number of nitrogens with zero attached hydrogens (tertiary/aromatic N) is 2. The molecule has 0 spiro atoms. The third-order valence-corrected chi connectivity index (χ3v) is 7.11. The van der Waals surface area contributed by atoms with Crippen LogP contribution in [0.15, 0.2) is 30.3 Å². The standard InChI is InChI=1S/C25H38N4O3/c1-3-7-22(19-8-5-4-6-9-19)27-24(31)18(2)28-14-12-21(13-15-28)25(32)29-16-10-20(11-17-29)23(26)30/h4-6,8-9,18,20-22H,3,7,10-17H2,1-2H3,(H2,26,30)(H,27,31)/t18-,22+/m0/s1. The van der Waals surface area contributed by atoms with Crippen molar-refractivity contribution in [2.75, 3.05) is 26.2 Å². The van der Waals surface area contributed by atoms with Crippen LogP contribution in [-0.4, -0.2) is 59.7 Å². The molecule has 2 aliphatic heterocycles. The van der Waals surface area contributed by atoms with Crippen LogP contribution in [0, 0.1) is 11.8 Å². The van der Waals surface area contributed by atoms with E-state index in [0.717, 1.165) is 44.3 Å². The second kappa shape index (κ2) is 11.5. The van der Waals surface area contributed by atoms with Crippen molar-refractivity contribution in [1.82, 2.24) is 15.1 Å². The van der Waals surface area contributed by atoms with Crippen LogP contribution < -0.4 is 11.1 Å². The summed E-state index contributed by atoms with van der Waals surface area (Å²) in [5, 5.41) is 3.24. The van der Waals surface area contributed by atoms with Gasteiger partial charge in [-0.25, -0.2) is 0 Å². The molecule has 176 valence electrons. The summed E-state index contributed by atoms with van der Waals surface area (Å²) in [4.78, 5) is 41.3. The monoisotopic (exact) mass is 442 g/mol. The zero-order valence-electron chi connectivity index (χ0n) is 19.5. The molecule has 2 aliphatic rings. The third-order valence-electron chi connectivity index (χ3n) is 7.11. The molecule has 0 saturated carbocycles. The Balaban J connectivity index is 1.48. The van der Waals surface area contributed by atoms with Gasteiger partial charge in [0, 0.05) is 24.9 Å². The number of hydrogen-bond acceptors (Lipinski definition) is 4. The van der Waals surface area contributed by atoms with Gasteiger partial charge in [-0.2, -0.15) is 0 Å². The van der Waals surface area contributed by atoms with Crippen LogP contribution >= 0.6 is 0 Å². The Labute approximate surface area is 191 Å². The number of rotatable bonds is 8. The molecular formula is C25H38N4O3. The summed E-state index contributed by atoms with van der Waals surface area (Å²) in [6.45, 7) is 6.80. The third kappa shape index (κ3) is 6.09. The zero-order valence-corrected chi connectivity index (χ0v) is 19.5. The predicted molar refractivity (Wildman–Crippen MR) is 124 cm³/mol. The van der Waals surface area contributed by atoms with Gasteiger partial charge in [-0.3, -0.25) is 19.3 Å². The highest BCUT2D eigenvalue weighted by molar-refractivity contribution is 5.82. The zero-order chi connectivity index (χ0) is 23.1. The van der Waals surface area contributed by atoms with Crippen molar-refractivity contribution in [2.24, 2.45) is 17.6 Å². The quantitative estimate of drug-likeness (QED) is 0.646. The molecule has 2 atom stereocenters. The van der Waals surface area contributed by atoms with E-state index in [0.29, 0.717) is 25.9 Å². The second-order valence-corrected chi connectivity index (χ2v) is 9.25. The Morgan fingerprint density at radius 2 is 1.59 bits per heavy atom. The van der Waals surface area contributed by atoms with E-state index in [9.17, 15) is 14.4 Å². The first kappa shape index (κ1) is 24.2.